The van der Waals surface area contributed by atoms with Crippen molar-refractivity contribution in [3.05, 3.63) is 30.7 Å². The van der Waals surface area contributed by atoms with E-state index in [0.717, 1.165) is 5.82 Å². The smallest absolute Gasteiger partial charge is 0.239 e. The fraction of sp³-hybridized carbons (Fsp3) is 0.588. The minimum Gasteiger partial charge on any atom is -0.310 e. The maximum absolute atomic E-state index is 12.2. The van der Waals surface area contributed by atoms with Crippen molar-refractivity contribution < 1.29 is 4.79 Å². The highest BCUT2D eigenvalue weighted by Crippen LogP contribution is 2.40. The SMILES string of the molecule is C[C@H](NCC(=O)Nc1ccnn1[C@H](C)C1CC1)[C@H](C)n1cccn1. The molecule has 1 fully saturated rings. The Morgan fingerprint density at radius 3 is 2.75 bits per heavy atom. The van der Waals surface area contributed by atoms with Crippen molar-refractivity contribution in [3.63, 3.8) is 0 Å². The lowest BCUT2D eigenvalue weighted by Gasteiger charge is -2.21. The lowest BCUT2D eigenvalue weighted by Crippen LogP contribution is -2.39. The molecule has 2 aromatic rings. The molecule has 0 saturated heterocycles. The largest absolute Gasteiger partial charge is 0.310 e. The molecular weight excluding hydrogens is 304 g/mol. The molecular formula is C17H26N6O. The fourth-order valence-electron chi connectivity index (χ4n) is 2.88. The lowest BCUT2D eigenvalue weighted by atomic mass is 10.2. The van der Waals surface area contributed by atoms with Crippen LogP contribution in [0.25, 0.3) is 0 Å². The van der Waals surface area contributed by atoms with E-state index in [1.54, 1.807) is 12.4 Å². The molecule has 0 radical (unpaired) electrons. The number of carbonyl (C=O) groups is 1. The zero-order valence-corrected chi connectivity index (χ0v) is 14.5. The van der Waals surface area contributed by atoms with Gasteiger partial charge in [-0.3, -0.25) is 9.48 Å². The Hall–Kier alpha value is -2.15. The van der Waals surface area contributed by atoms with Gasteiger partial charge in [0.05, 0.1) is 24.8 Å². The molecule has 1 saturated carbocycles. The van der Waals surface area contributed by atoms with Crippen LogP contribution >= 0.6 is 0 Å². The normalized spacial score (nSPS) is 18.1. The lowest BCUT2D eigenvalue weighted by molar-refractivity contribution is -0.115. The average molecular weight is 330 g/mol. The molecule has 3 rings (SSSR count). The van der Waals surface area contributed by atoms with Crippen LogP contribution in [0.4, 0.5) is 5.82 Å². The Labute approximate surface area is 142 Å². The minimum absolute atomic E-state index is 0.0562. The van der Waals surface area contributed by atoms with Gasteiger partial charge in [-0.15, -0.1) is 0 Å². The fourth-order valence-corrected chi connectivity index (χ4v) is 2.88. The van der Waals surface area contributed by atoms with E-state index in [1.165, 1.54) is 12.8 Å². The molecule has 7 heteroatoms. The molecule has 1 amide bonds. The van der Waals surface area contributed by atoms with E-state index in [-0.39, 0.29) is 24.5 Å². The first-order valence-corrected chi connectivity index (χ1v) is 8.62. The number of aromatic nitrogens is 4. The minimum atomic E-state index is -0.0562. The second kappa shape index (κ2) is 7.17. The highest BCUT2D eigenvalue weighted by molar-refractivity contribution is 5.91. The van der Waals surface area contributed by atoms with Crippen molar-refractivity contribution in [1.29, 1.82) is 0 Å². The summed E-state index contributed by atoms with van der Waals surface area (Å²) in [6.07, 6.45) is 7.93. The van der Waals surface area contributed by atoms with Gasteiger partial charge in [-0.25, -0.2) is 4.68 Å². The van der Waals surface area contributed by atoms with E-state index >= 15 is 0 Å². The second-order valence-electron chi connectivity index (χ2n) is 6.68. The molecule has 2 heterocycles. The molecule has 0 bridgehead atoms. The van der Waals surface area contributed by atoms with Gasteiger partial charge in [0.2, 0.25) is 5.91 Å². The van der Waals surface area contributed by atoms with Crippen molar-refractivity contribution >= 4 is 11.7 Å². The summed E-state index contributed by atoms with van der Waals surface area (Å²) in [7, 11) is 0. The summed E-state index contributed by atoms with van der Waals surface area (Å²) in [6, 6.07) is 4.39. The van der Waals surface area contributed by atoms with E-state index in [2.05, 4.69) is 41.6 Å². The summed E-state index contributed by atoms with van der Waals surface area (Å²) in [4.78, 5) is 12.2. The Morgan fingerprint density at radius 1 is 1.29 bits per heavy atom. The number of carbonyl (C=O) groups excluding carboxylic acids is 1. The van der Waals surface area contributed by atoms with Crippen LogP contribution in [0.2, 0.25) is 0 Å². The van der Waals surface area contributed by atoms with Crippen LogP contribution in [0.15, 0.2) is 30.7 Å². The quantitative estimate of drug-likeness (QED) is 0.778. The van der Waals surface area contributed by atoms with Gasteiger partial charge in [0.1, 0.15) is 5.82 Å². The summed E-state index contributed by atoms with van der Waals surface area (Å²) < 4.78 is 3.81. The first-order chi connectivity index (χ1) is 11.6. The van der Waals surface area contributed by atoms with Gasteiger partial charge in [0, 0.05) is 24.5 Å². The van der Waals surface area contributed by atoms with Crippen LogP contribution in [-0.4, -0.2) is 38.1 Å². The summed E-state index contributed by atoms with van der Waals surface area (Å²) >= 11 is 0. The maximum Gasteiger partial charge on any atom is 0.239 e. The number of amides is 1. The first kappa shape index (κ1) is 16.7. The number of anilines is 1. The zero-order chi connectivity index (χ0) is 17.1. The molecule has 3 atom stereocenters. The van der Waals surface area contributed by atoms with Crippen LogP contribution in [0, 0.1) is 5.92 Å². The molecule has 7 nitrogen and oxygen atoms in total. The third-order valence-electron chi connectivity index (χ3n) is 4.88. The molecule has 0 aromatic carbocycles. The number of hydrogen-bond acceptors (Lipinski definition) is 4. The third-order valence-corrected chi connectivity index (χ3v) is 4.88. The molecule has 2 aromatic heterocycles. The first-order valence-electron chi connectivity index (χ1n) is 8.62. The third kappa shape index (κ3) is 3.84. The van der Waals surface area contributed by atoms with E-state index < -0.39 is 0 Å². The molecule has 0 spiro atoms. The summed E-state index contributed by atoms with van der Waals surface area (Å²) in [5, 5.41) is 14.8. The summed E-state index contributed by atoms with van der Waals surface area (Å²) in [5.41, 5.74) is 0. The Morgan fingerprint density at radius 2 is 2.08 bits per heavy atom. The van der Waals surface area contributed by atoms with Gasteiger partial charge in [-0.05, 0) is 45.6 Å². The van der Waals surface area contributed by atoms with Crippen LogP contribution < -0.4 is 10.6 Å². The number of nitrogens with zero attached hydrogens (tertiary/aromatic N) is 4. The Balaban J connectivity index is 1.50. The van der Waals surface area contributed by atoms with E-state index in [1.807, 2.05) is 27.7 Å². The molecule has 24 heavy (non-hydrogen) atoms. The molecule has 1 aliphatic carbocycles. The maximum atomic E-state index is 12.2. The molecule has 1 aliphatic rings. The van der Waals surface area contributed by atoms with Gasteiger partial charge < -0.3 is 10.6 Å². The van der Waals surface area contributed by atoms with Crippen molar-refractivity contribution in [2.45, 2.75) is 51.7 Å². The predicted octanol–water partition coefficient (Wildman–Crippen LogP) is 2.23. The van der Waals surface area contributed by atoms with Crippen molar-refractivity contribution in [2.24, 2.45) is 5.92 Å². The van der Waals surface area contributed by atoms with Crippen molar-refractivity contribution in [2.75, 3.05) is 11.9 Å². The predicted molar refractivity (Wildman–Crippen MR) is 92.7 cm³/mol. The van der Waals surface area contributed by atoms with Crippen LogP contribution in [-0.2, 0) is 4.79 Å². The second-order valence-corrected chi connectivity index (χ2v) is 6.68. The molecule has 0 unspecified atom stereocenters. The highest BCUT2D eigenvalue weighted by Gasteiger charge is 2.30. The monoisotopic (exact) mass is 330 g/mol. The molecule has 2 N–H and O–H groups in total. The van der Waals surface area contributed by atoms with Gasteiger partial charge in [-0.2, -0.15) is 10.2 Å². The topological polar surface area (TPSA) is 76.8 Å². The van der Waals surface area contributed by atoms with Crippen LogP contribution in [0.3, 0.4) is 0 Å². The number of hydrogen-bond donors (Lipinski definition) is 2. The van der Waals surface area contributed by atoms with Crippen molar-refractivity contribution in [3.8, 4) is 0 Å². The van der Waals surface area contributed by atoms with Crippen molar-refractivity contribution in [1.82, 2.24) is 24.9 Å². The van der Waals surface area contributed by atoms with Gasteiger partial charge in [0.25, 0.3) is 0 Å². The number of rotatable bonds is 8. The molecule has 130 valence electrons. The summed E-state index contributed by atoms with van der Waals surface area (Å²) in [5.74, 6) is 1.40. The van der Waals surface area contributed by atoms with E-state index in [0.29, 0.717) is 12.0 Å². The van der Waals surface area contributed by atoms with Crippen LogP contribution in [0.1, 0.15) is 45.7 Å². The highest BCUT2D eigenvalue weighted by atomic mass is 16.2. The Kier molecular flexibility index (Phi) is 4.99. The van der Waals surface area contributed by atoms with E-state index in [9.17, 15) is 4.79 Å². The molecule has 0 aliphatic heterocycles. The summed E-state index contributed by atoms with van der Waals surface area (Å²) in [6.45, 7) is 6.55. The van der Waals surface area contributed by atoms with Gasteiger partial charge >= 0.3 is 0 Å². The standard InChI is InChI=1S/C17H26N6O/c1-12(13(2)22-10-4-8-19-22)18-11-17(24)21-16-7-9-20-23(16)14(3)15-5-6-15/h4,7-10,12-15,18H,5-6,11H2,1-3H3,(H,21,24)/t12-,13-,14+/m0/s1. The zero-order valence-electron chi connectivity index (χ0n) is 14.5. The van der Waals surface area contributed by atoms with E-state index in [4.69, 9.17) is 0 Å². The van der Waals surface area contributed by atoms with Gasteiger partial charge in [-0.1, -0.05) is 0 Å². The van der Waals surface area contributed by atoms with Gasteiger partial charge in [0.15, 0.2) is 0 Å². The van der Waals surface area contributed by atoms with Crippen LogP contribution in [0.5, 0.6) is 0 Å². The average Bonchev–Trinajstić information content (AvgIpc) is 3.09. The Bertz CT molecular complexity index is 660. The number of nitrogens with one attached hydrogen (secondary N) is 2.